The van der Waals surface area contributed by atoms with Crippen LogP contribution < -0.4 is 10.6 Å². The molecule has 0 aromatic carbocycles. The van der Waals surface area contributed by atoms with Gasteiger partial charge in [-0.25, -0.2) is 0 Å². The fourth-order valence-corrected chi connectivity index (χ4v) is 2.52. The Labute approximate surface area is 125 Å². The molecule has 2 heterocycles. The molecule has 0 saturated carbocycles. The first kappa shape index (κ1) is 17.1. The average Bonchev–Trinajstić information content (AvgIpc) is 2.72. The summed E-state index contributed by atoms with van der Waals surface area (Å²) < 4.78 is 20.0. The van der Waals surface area contributed by atoms with Gasteiger partial charge in [0.1, 0.15) is 18.3 Å². The third-order valence-electron chi connectivity index (χ3n) is 3.27. The van der Waals surface area contributed by atoms with Gasteiger partial charge in [-0.2, -0.15) is 0 Å². The van der Waals surface area contributed by atoms with Crippen molar-refractivity contribution >= 4 is 13.7 Å². The third kappa shape index (κ3) is 3.93. The Morgan fingerprint density at radius 1 is 1.55 bits per heavy atom. The molecule has 10 nitrogen and oxygen atoms in total. The minimum absolute atomic E-state index is 0.284. The van der Waals surface area contributed by atoms with E-state index in [9.17, 15) is 24.5 Å². The standard InChI is InChI=1S/C11H17N2O8P/c12-10(16)6-2-1-3-13(4-6)11-9(15)8(14)7(21-11)5-20-22(17,18)19/h1,3-4,7-9,11,14-15H,2,5H2,(H2,12,16)(H2,17,18,19)/p-1/t7-,8?,9?,11-/m1/s1. The van der Waals surface area contributed by atoms with Crippen LogP contribution in [0.5, 0.6) is 0 Å². The molecule has 2 rings (SSSR count). The normalized spacial score (nSPS) is 34.4. The second-order valence-corrected chi connectivity index (χ2v) is 6.06. The van der Waals surface area contributed by atoms with E-state index in [1.54, 1.807) is 6.08 Å². The number of phosphoric acid groups is 1. The Balaban J connectivity index is 2.06. The average molecular weight is 335 g/mol. The van der Waals surface area contributed by atoms with Crippen molar-refractivity contribution in [3.63, 3.8) is 0 Å². The smallest absolute Gasteiger partial charge is 0.265 e. The monoisotopic (exact) mass is 335 g/mol. The summed E-state index contributed by atoms with van der Waals surface area (Å²) in [6, 6.07) is 0. The van der Waals surface area contributed by atoms with Crippen molar-refractivity contribution in [1.29, 1.82) is 0 Å². The molecule has 1 fully saturated rings. The summed E-state index contributed by atoms with van der Waals surface area (Å²) in [6.45, 7) is -0.657. The number of allylic oxidation sites excluding steroid dienone is 1. The van der Waals surface area contributed by atoms with Crippen LogP contribution in [-0.2, 0) is 18.6 Å². The molecule has 0 radical (unpaired) electrons. The molecule has 124 valence electrons. The molecule has 0 bridgehead atoms. The van der Waals surface area contributed by atoms with Crippen LogP contribution in [0.1, 0.15) is 6.42 Å². The van der Waals surface area contributed by atoms with Gasteiger partial charge < -0.3 is 39.9 Å². The maximum atomic E-state index is 11.2. The summed E-state index contributed by atoms with van der Waals surface area (Å²) >= 11 is 0. The van der Waals surface area contributed by atoms with Crippen molar-refractivity contribution in [2.45, 2.75) is 31.0 Å². The number of amides is 1. The predicted molar refractivity (Wildman–Crippen MR) is 69.3 cm³/mol. The highest BCUT2D eigenvalue weighted by molar-refractivity contribution is 7.44. The van der Waals surface area contributed by atoms with Crippen LogP contribution in [0.15, 0.2) is 24.0 Å². The first-order valence-corrected chi connectivity index (χ1v) is 7.83. The maximum Gasteiger partial charge on any atom is 0.265 e. The van der Waals surface area contributed by atoms with E-state index in [1.807, 2.05) is 0 Å². The van der Waals surface area contributed by atoms with Gasteiger partial charge in [-0.1, -0.05) is 6.08 Å². The van der Waals surface area contributed by atoms with E-state index in [1.165, 1.54) is 17.3 Å². The van der Waals surface area contributed by atoms with Crippen molar-refractivity contribution in [2.75, 3.05) is 6.61 Å². The second-order valence-electron chi connectivity index (χ2n) is 4.87. The first-order chi connectivity index (χ1) is 10.2. The molecule has 1 saturated heterocycles. The Morgan fingerprint density at radius 2 is 2.23 bits per heavy atom. The van der Waals surface area contributed by atoms with Gasteiger partial charge in [-0.3, -0.25) is 9.36 Å². The van der Waals surface area contributed by atoms with E-state index in [0.29, 0.717) is 6.42 Å². The van der Waals surface area contributed by atoms with Gasteiger partial charge in [-0.05, 0) is 6.42 Å². The van der Waals surface area contributed by atoms with Crippen LogP contribution in [0.4, 0.5) is 0 Å². The van der Waals surface area contributed by atoms with Crippen LogP contribution in [0.2, 0.25) is 0 Å². The molecule has 0 spiro atoms. The Bertz CT molecular complexity index is 544. The molecule has 5 N–H and O–H groups in total. The van der Waals surface area contributed by atoms with Gasteiger partial charge in [0.05, 0.1) is 6.61 Å². The number of nitrogens with zero attached hydrogens (tertiary/aromatic N) is 1. The van der Waals surface area contributed by atoms with Gasteiger partial charge in [0, 0.05) is 18.0 Å². The molecule has 0 aliphatic carbocycles. The number of nitrogens with two attached hydrogens (primary N) is 1. The molecule has 11 heteroatoms. The molecule has 5 atom stereocenters. The molecule has 22 heavy (non-hydrogen) atoms. The summed E-state index contributed by atoms with van der Waals surface area (Å²) in [7, 11) is -4.96. The molecular weight excluding hydrogens is 319 g/mol. The summed E-state index contributed by atoms with van der Waals surface area (Å²) in [5, 5.41) is 19.8. The Kier molecular flexibility index (Phi) is 5.03. The van der Waals surface area contributed by atoms with E-state index >= 15 is 0 Å². The largest absolute Gasteiger partial charge is 0.756 e. The molecular formula is C11H16N2O8P-. The van der Waals surface area contributed by atoms with E-state index in [4.69, 9.17) is 15.4 Å². The number of aliphatic hydroxyl groups excluding tert-OH is 2. The number of phosphoric ester groups is 1. The van der Waals surface area contributed by atoms with Gasteiger partial charge in [-0.15, -0.1) is 0 Å². The Morgan fingerprint density at radius 3 is 2.82 bits per heavy atom. The minimum Gasteiger partial charge on any atom is -0.756 e. The zero-order valence-corrected chi connectivity index (χ0v) is 12.2. The number of ether oxygens (including phenoxy) is 1. The molecule has 0 aromatic heterocycles. The van der Waals surface area contributed by atoms with E-state index < -0.39 is 44.9 Å². The lowest BCUT2D eigenvalue weighted by Gasteiger charge is -2.28. The summed E-state index contributed by atoms with van der Waals surface area (Å²) in [5.41, 5.74) is 5.46. The highest BCUT2D eigenvalue weighted by atomic mass is 31.2. The third-order valence-corrected chi connectivity index (χ3v) is 3.75. The van der Waals surface area contributed by atoms with Crippen molar-refractivity contribution in [3.05, 3.63) is 24.0 Å². The van der Waals surface area contributed by atoms with Gasteiger partial charge >= 0.3 is 0 Å². The van der Waals surface area contributed by atoms with Gasteiger partial charge in [0.15, 0.2) is 6.23 Å². The van der Waals surface area contributed by atoms with Crippen LogP contribution in [0.25, 0.3) is 0 Å². The topological polar surface area (TPSA) is 166 Å². The van der Waals surface area contributed by atoms with Crippen molar-refractivity contribution in [1.82, 2.24) is 4.90 Å². The SMILES string of the molecule is NC(=O)C1=CN([C@@H]2O[C@H](COP(=O)([O-])O)C(O)C2O)C=CC1. The van der Waals surface area contributed by atoms with E-state index in [2.05, 4.69) is 4.52 Å². The lowest BCUT2D eigenvalue weighted by molar-refractivity contribution is -0.223. The molecule has 2 aliphatic rings. The van der Waals surface area contributed by atoms with Crippen molar-refractivity contribution in [3.8, 4) is 0 Å². The highest BCUT2D eigenvalue weighted by Gasteiger charge is 2.45. The number of aliphatic hydroxyl groups is 2. The van der Waals surface area contributed by atoms with Crippen molar-refractivity contribution in [2.24, 2.45) is 5.73 Å². The number of hydrogen-bond donors (Lipinski definition) is 4. The molecule has 2 aliphatic heterocycles. The van der Waals surface area contributed by atoms with Crippen LogP contribution >= 0.6 is 7.82 Å². The highest BCUT2D eigenvalue weighted by Crippen LogP contribution is 2.33. The van der Waals surface area contributed by atoms with Gasteiger partial charge in [0.2, 0.25) is 5.91 Å². The van der Waals surface area contributed by atoms with Crippen molar-refractivity contribution < 1.29 is 38.6 Å². The summed E-state index contributed by atoms with van der Waals surface area (Å²) in [4.78, 5) is 31.6. The lowest BCUT2D eigenvalue weighted by Crippen LogP contribution is -2.40. The van der Waals surface area contributed by atoms with Crippen LogP contribution in [0.3, 0.4) is 0 Å². The summed E-state index contributed by atoms with van der Waals surface area (Å²) in [5.74, 6) is -0.630. The minimum atomic E-state index is -4.96. The number of rotatable bonds is 5. The molecule has 3 unspecified atom stereocenters. The van der Waals surface area contributed by atoms with Crippen LogP contribution in [0, 0.1) is 0 Å². The van der Waals surface area contributed by atoms with Gasteiger partial charge in [0.25, 0.3) is 7.82 Å². The fraction of sp³-hybridized carbons (Fsp3) is 0.545. The van der Waals surface area contributed by atoms with Crippen LogP contribution in [-0.4, -0.2) is 57.1 Å². The maximum absolute atomic E-state index is 11.2. The number of primary amides is 1. The fourth-order valence-electron chi connectivity index (χ4n) is 2.18. The number of hydrogen-bond acceptors (Lipinski definition) is 8. The number of carbonyl (C=O) groups is 1. The second kappa shape index (κ2) is 6.47. The Hall–Kier alpha value is -1.26. The quantitative estimate of drug-likeness (QED) is 0.397. The van der Waals surface area contributed by atoms with E-state index in [-0.39, 0.29) is 5.57 Å². The van der Waals surface area contributed by atoms with E-state index in [0.717, 1.165) is 0 Å². The summed E-state index contributed by atoms with van der Waals surface area (Å²) in [6.07, 6.45) is -0.199. The zero-order valence-electron chi connectivity index (χ0n) is 11.3. The lowest BCUT2D eigenvalue weighted by atomic mass is 10.1. The molecule has 1 amide bonds. The predicted octanol–water partition coefficient (Wildman–Crippen LogP) is -2.50. The number of carbonyl (C=O) groups excluding carboxylic acids is 1. The molecule has 0 aromatic rings. The zero-order chi connectivity index (χ0) is 16.5. The first-order valence-electron chi connectivity index (χ1n) is 6.33.